The Hall–Kier alpha value is -1.55. The van der Waals surface area contributed by atoms with E-state index in [1.54, 1.807) is 0 Å². The number of hydrogen-bond donors (Lipinski definition) is 1. The number of likely N-dealkylation sites (tertiary alicyclic amines) is 1. The zero-order chi connectivity index (χ0) is 15.5. The van der Waals surface area contributed by atoms with Gasteiger partial charge in [0, 0.05) is 25.7 Å². The highest BCUT2D eigenvalue weighted by molar-refractivity contribution is 5.68. The van der Waals surface area contributed by atoms with Crippen molar-refractivity contribution in [1.29, 1.82) is 0 Å². The third-order valence-corrected chi connectivity index (χ3v) is 3.48. The molecule has 0 spiro atoms. The second-order valence-electron chi connectivity index (χ2n) is 6.86. The van der Waals surface area contributed by atoms with Crippen LogP contribution in [0, 0.1) is 6.92 Å². The molecule has 21 heavy (non-hydrogen) atoms. The Bertz CT molecular complexity index is 494. The third kappa shape index (κ3) is 5.38. The molecule has 1 saturated heterocycles. The molecule has 0 saturated carbocycles. The predicted octanol–water partition coefficient (Wildman–Crippen LogP) is 3.09. The van der Waals surface area contributed by atoms with Gasteiger partial charge in [0.05, 0.1) is 0 Å². The predicted molar refractivity (Wildman–Crippen MR) is 84.2 cm³/mol. The monoisotopic (exact) mass is 290 g/mol. The molecule has 0 bridgehead atoms. The summed E-state index contributed by atoms with van der Waals surface area (Å²) >= 11 is 0. The standard InChI is InChI=1S/C17H26N2O2/c1-13-6-5-7-14(10-13)11-19-9-8-15(12-19)18-16(20)21-17(2,3)4/h5-7,10,15H,8-9,11-12H2,1-4H3,(H,18,20)/t15-/m1/s1. The van der Waals surface area contributed by atoms with Gasteiger partial charge in [-0.1, -0.05) is 29.8 Å². The van der Waals surface area contributed by atoms with Crippen molar-refractivity contribution in [3.05, 3.63) is 35.4 Å². The molecule has 1 amide bonds. The van der Waals surface area contributed by atoms with E-state index >= 15 is 0 Å². The molecule has 1 fully saturated rings. The first kappa shape index (κ1) is 15.8. The van der Waals surface area contributed by atoms with Crippen molar-refractivity contribution in [1.82, 2.24) is 10.2 Å². The lowest BCUT2D eigenvalue weighted by Crippen LogP contribution is -2.40. The number of benzene rings is 1. The molecule has 1 aromatic carbocycles. The molecule has 116 valence electrons. The highest BCUT2D eigenvalue weighted by Crippen LogP contribution is 2.15. The lowest BCUT2D eigenvalue weighted by Gasteiger charge is -2.22. The smallest absolute Gasteiger partial charge is 0.407 e. The Labute approximate surface area is 127 Å². The molecule has 1 aliphatic heterocycles. The van der Waals surface area contributed by atoms with Crippen LogP contribution in [0.3, 0.4) is 0 Å². The fourth-order valence-electron chi connectivity index (χ4n) is 2.64. The molecule has 0 unspecified atom stereocenters. The fourth-order valence-corrected chi connectivity index (χ4v) is 2.64. The van der Waals surface area contributed by atoms with Gasteiger partial charge in [0.2, 0.25) is 0 Å². The summed E-state index contributed by atoms with van der Waals surface area (Å²) in [5.41, 5.74) is 2.17. The number of aryl methyl sites for hydroxylation is 1. The summed E-state index contributed by atoms with van der Waals surface area (Å²) in [6, 6.07) is 8.76. The molecule has 4 nitrogen and oxygen atoms in total. The summed E-state index contributed by atoms with van der Waals surface area (Å²) in [6.45, 7) is 10.6. The van der Waals surface area contributed by atoms with Crippen LogP contribution < -0.4 is 5.32 Å². The molecule has 1 N–H and O–H groups in total. The first-order chi connectivity index (χ1) is 9.82. The topological polar surface area (TPSA) is 41.6 Å². The van der Waals surface area contributed by atoms with E-state index < -0.39 is 5.60 Å². The van der Waals surface area contributed by atoms with Crippen molar-refractivity contribution < 1.29 is 9.53 Å². The second kappa shape index (κ2) is 6.48. The lowest BCUT2D eigenvalue weighted by atomic mass is 10.1. The summed E-state index contributed by atoms with van der Waals surface area (Å²) in [7, 11) is 0. The number of carbonyl (C=O) groups excluding carboxylic acids is 1. The molecule has 1 aliphatic rings. The Morgan fingerprint density at radius 1 is 1.43 bits per heavy atom. The fraction of sp³-hybridized carbons (Fsp3) is 0.588. The van der Waals surface area contributed by atoms with Crippen molar-refractivity contribution >= 4 is 6.09 Å². The third-order valence-electron chi connectivity index (χ3n) is 3.48. The zero-order valence-electron chi connectivity index (χ0n) is 13.5. The minimum Gasteiger partial charge on any atom is -0.444 e. The number of carbonyl (C=O) groups is 1. The zero-order valence-corrected chi connectivity index (χ0v) is 13.5. The summed E-state index contributed by atoms with van der Waals surface area (Å²) < 4.78 is 5.30. The molecule has 2 rings (SSSR count). The molecule has 1 atom stereocenters. The lowest BCUT2D eigenvalue weighted by molar-refractivity contribution is 0.0506. The minimum atomic E-state index is -0.441. The summed E-state index contributed by atoms with van der Waals surface area (Å²) in [5.74, 6) is 0. The van der Waals surface area contributed by atoms with Crippen LogP contribution in [0.4, 0.5) is 4.79 Å². The average molecular weight is 290 g/mol. The molecule has 0 aromatic heterocycles. The Morgan fingerprint density at radius 3 is 2.86 bits per heavy atom. The minimum absolute atomic E-state index is 0.185. The van der Waals surface area contributed by atoms with Crippen molar-refractivity contribution in [3.8, 4) is 0 Å². The van der Waals surface area contributed by atoms with Crippen LogP contribution in [-0.4, -0.2) is 35.7 Å². The molecular formula is C17H26N2O2. The highest BCUT2D eigenvalue weighted by atomic mass is 16.6. The van der Waals surface area contributed by atoms with Gasteiger partial charge in [0.1, 0.15) is 5.60 Å². The van der Waals surface area contributed by atoms with Crippen LogP contribution in [0.5, 0.6) is 0 Å². The van der Waals surface area contributed by atoms with Crippen LogP contribution in [0.1, 0.15) is 38.3 Å². The van der Waals surface area contributed by atoms with Crippen LogP contribution in [0.25, 0.3) is 0 Å². The summed E-state index contributed by atoms with van der Waals surface area (Å²) in [5, 5.41) is 2.96. The number of alkyl carbamates (subject to hydrolysis) is 1. The van der Waals surface area contributed by atoms with Gasteiger partial charge in [-0.05, 0) is 39.7 Å². The SMILES string of the molecule is Cc1cccc(CN2CC[C@@H](NC(=O)OC(C)(C)C)C2)c1. The van der Waals surface area contributed by atoms with Crippen LogP contribution in [0.15, 0.2) is 24.3 Å². The van der Waals surface area contributed by atoms with Crippen molar-refractivity contribution in [3.63, 3.8) is 0 Å². The van der Waals surface area contributed by atoms with Crippen molar-refractivity contribution in [2.24, 2.45) is 0 Å². The first-order valence-corrected chi connectivity index (χ1v) is 7.59. The van der Waals surface area contributed by atoms with E-state index in [1.165, 1.54) is 11.1 Å². The van der Waals surface area contributed by atoms with Gasteiger partial charge < -0.3 is 10.1 Å². The normalized spacial score (nSPS) is 19.5. The highest BCUT2D eigenvalue weighted by Gasteiger charge is 2.25. The number of nitrogens with zero attached hydrogens (tertiary/aromatic N) is 1. The quantitative estimate of drug-likeness (QED) is 0.930. The number of amides is 1. The van der Waals surface area contributed by atoms with Gasteiger partial charge in [-0.25, -0.2) is 4.79 Å². The van der Waals surface area contributed by atoms with Gasteiger partial charge >= 0.3 is 6.09 Å². The largest absolute Gasteiger partial charge is 0.444 e. The van der Waals surface area contributed by atoms with Gasteiger partial charge in [0.25, 0.3) is 0 Å². The number of nitrogens with one attached hydrogen (secondary N) is 1. The number of rotatable bonds is 3. The Balaban J connectivity index is 1.80. The van der Waals surface area contributed by atoms with E-state index in [4.69, 9.17) is 4.74 Å². The average Bonchev–Trinajstić information content (AvgIpc) is 2.73. The first-order valence-electron chi connectivity index (χ1n) is 7.59. The molecule has 0 radical (unpaired) electrons. The van der Waals surface area contributed by atoms with E-state index in [-0.39, 0.29) is 12.1 Å². The van der Waals surface area contributed by atoms with E-state index in [1.807, 2.05) is 20.8 Å². The van der Waals surface area contributed by atoms with Crippen molar-refractivity contribution in [2.45, 2.75) is 52.3 Å². The van der Waals surface area contributed by atoms with E-state index in [2.05, 4.69) is 41.4 Å². The maximum Gasteiger partial charge on any atom is 0.407 e. The number of ether oxygens (including phenoxy) is 1. The van der Waals surface area contributed by atoms with E-state index in [9.17, 15) is 4.79 Å². The molecular weight excluding hydrogens is 264 g/mol. The molecule has 0 aliphatic carbocycles. The van der Waals surface area contributed by atoms with E-state index in [0.29, 0.717) is 0 Å². The van der Waals surface area contributed by atoms with Gasteiger partial charge in [0.15, 0.2) is 0 Å². The van der Waals surface area contributed by atoms with Crippen molar-refractivity contribution in [2.75, 3.05) is 13.1 Å². The molecule has 1 heterocycles. The van der Waals surface area contributed by atoms with Crippen LogP contribution in [0.2, 0.25) is 0 Å². The molecule has 1 aromatic rings. The summed E-state index contributed by atoms with van der Waals surface area (Å²) in [4.78, 5) is 14.1. The Kier molecular flexibility index (Phi) is 4.88. The van der Waals surface area contributed by atoms with Crippen LogP contribution >= 0.6 is 0 Å². The van der Waals surface area contributed by atoms with Gasteiger partial charge in [-0.3, -0.25) is 4.90 Å². The second-order valence-corrected chi connectivity index (χ2v) is 6.86. The Morgan fingerprint density at radius 2 is 2.19 bits per heavy atom. The van der Waals surface area contributed by atoms with E-state index in [0.717, 1.165) is 26.1 Å². The maximum atomic E-state index is 11.8. The van der Waals surface area contributed by atoms with Gasteiger partial charge in [-0.15, -0.1) is 0 Å². The van der Waals surface area contributed by atoms with Gasteiger partial charge in [-0.2, -0.15) is 0 Å². The summed E-state index contributed by atoms with van der Waals surface area (Å²) in [6.07, 6.45) is 0.662. The van der Waals surface area contributed by atoms with Crippen LogP contribution in [-0.2, 0) is 11.3 Å². The number of hydrogen-bond acceptors (Lipinski definition) is 3. The maximum absolute atomic E-state index is 11.8. The molecule has 4 heteroatoms.